The summed E-state index contributed by atoms with van der Waals surface area (Å²) in [6.45, 7) is 1.53. The number of hydrogen-bond acceptors (Lipinski definition) is 3. The number of nitrogens with one attached hydrogen (secondary N) is 1. The molecule has 6 heteroatoms. The summed E-state index contributed by atoms with van der Waals surface area (Å²) in [7, 11) is 1.83. The molecule has 4 heterocycles. The first-order chi connectivity index (χ1) is 11.2. The Morgan fingerprint density at radius 2 is 2.13 bits per heavy atom. The summed E-state index contributed by atoms with van der Waals surface area (Å²) in [6, 6.07) is 7.98. The maximum Gasteiger partial charge on any atom is 0.274 e. The van der Waals surface area contributed by atoms with E-state index < -0.39 is 0 Å². The monoisotopic (exact) mass is 309 g/mol. The molecule has 0 aliphatic carbocycles. The zero-order valence-electron chi connectivity index (χ0n) is 13.1. The fourth-order valence-corrected chi connectivity index (χ4v) is 3.28. The Balaban J connectivity index is 1.45. The van der Waals surface area contributed by atoms with Gasteiger partial charge in [0.2, 0.25) is 0 Å². The zero-order chi connectivity index (χ0) is 15.8. The van der Waals surface area contributed by atoms with Gasteiger partial charge in [-0.1, -0.05) is 0 Å². The second-order valence-electron chi connectivity index (χ2n) is 6.11. The normalized spacial score (nSPS) is 16.1. The van der Waals surface area contributed by atoms with Crippen LogP contribution in [0.15, 0.2) is 36.7 Å². The lowest BCUT2D eigenvalue weighted by molar-refractivity contribution is 0.0705. The summed E-state index contributed by atoms with van der Waals surface area (Å²) >= 11 is 0. The van der Waals surface area contributed by atoms with Gasteiger partial charge in [0.05, 0.1) is 0 Å². The molecule has 3 aromatic rings. The van der Waals surface area contributed by atoms with E-state index in [0.29, 0.717) is 11.6 Å². The zero-order valence-corrected chi connectivity index (χ0v) is 13.1. The maximum absolute atomic E-state index is 12.4. The van der Waals surface area contributed by atoms with Gasteiger partial charge < -0.3 is 9.88 Å². The molecule has 1 saturated heterocycles. The number of amides is 1. The van der Waals surface area contributed by atoms with E-state index in [-0.39, 0.29) is 5.91 Å². The molecule has 1 N–H and O–H groups in total. The van der Waals surface area contributed by atoms with Gasteiger partial charge in [0, 0.05) is 49.5 Å². The summed E-state index contributed by atoms with van der Waals surface area (Å²) in [6.07, 6.45) is 5.53. The number of aromatic amines is 1. The maximum atomic E-state index is 12.4. The Labute approximate surface area is 134 Å². The van der Waals surface area contributed by atoms with Crippen LogP contribution >= 0.6 is 0 Å². The van der Waals surface area contributed by atoms with Crippen molar-refractivity contribution < 1.29 is 4.79 Å². The van der Waals surface area contributed by atoms with Crippen LogP contribution in [0, 0.1) is 0 Å². The number of likely N-dealkylation sites (tertiary alicyclic amines) is 1. The smallest absolute Gasteiger partial charge is 0.274 e. The first-order valence-corrected chi connectivity index (χ1v) is 7.93. The molecule has 118 valence electrons. The van der Waals surface area contributed by atoms with Crippen molar-refractivity contribution in [3.63, 3.8) is 0 Å². The average molecular weight is 309 g/mol. The lowest BCUT2D eigenvalue weighted by Gasteiger charge is -2.31. The van der Waals surface area contributed by atoms with Gasteiger partial charge in [0.25, 0.3) is 5.91 Å². The van der Waals surface area contributed by atoms with Crippen LogP contribution in [0.1, 0.15) is 34.9 Å². The molecular formula is C17H19N5O. The van der Waals surface area contributed by atoms with Crippen LogP contribution in [-0.2, 0) is 7.05 Å². The van der Waals surface area contributed by atoms with E-state index in [1.807, 2.05) is 18.0 Å². The molecule has 1 aliphatic heterocycles. The highest BCUT2D eigenvalue weighted by Gasteiger charge is 2.26. The second kappa shape index (κ2) is 5.53. The van der Waals surface area contributed by atoms with E-state index in [2.05, 4.69) is 27.2 Å². The Morgan fingerprint density at radius 3 is 2.83 bits per heavy atom. The molecule has 0 saturated carbocycles. The Morgan fingerprint density at radius 1 is 1.30 bits per heavy atom. The molecule has 0 unspecified atom stereocenters. The molecule has 1 fully saturated rings. The third-order valence-corrected chi connectivity index (χ3v) is 4.57. The van der Waals surface area contributed by atoms with Gasteiger partial charge in [-0.3, -0.25) is 9.48 Å². The Kier molecular flexibility index (Phi) is 3.37. The lowest BCUT2D eigenvalue weighted by Crippen LogP contribution is -2.38. The van der Waals surface area contributed by atoms with Crippen LogP contribution in [0.3, 0.4) is 0 Å². The summed E-state index contributed by atoms with van der Waals surface area (Å²) < 4.78 is 1.66. The highest BCUT2D eigenvalue weighted by atomic mass is 16.2. The summed E-state index contributed by atoms with van der Waals surface area (Å²) in [4.78, 5) is 22.1. The van der Waals surface area contributed by atoms with Crippen LogP contribution in [0.2, 0.25) is 0 Å². The van der Waals surface area contributed by atoms with Crippen molar-refractivity contribution in [3.05, 3.63) is 48.0 Å². The number of aryl methyl sites for hydroxylation is 1. The summed E-state index contributed by atoms with van der Waals surface area (Å²) in [5, 5.41) is 5.35. The largest absolute Gasteiger partial charge is 0.343 e. The third kappa shape index (κ3) is 2.60. The minimum absolute atomic E-state index is 0.0300. The van der Waals surface area contributed by atoms with E-state index in [1.165, 1.54) is 5.69 Å². The molecule has 6 nitrogen and oxygen atoms in total. The van der Waals surface area contributed by atoms with Crippen LogP contribution in [0.5, 0.6) is 0 Å². The summed E-state index contributed by atoms with van der Waals surface area (Å²) in [5.74, 6) is 0.486. The molecule has 1 amide bonds. The van der Waals surface area contributed by atoms with Crippen molar-refractivity contribution in [2.24, 2.45) is 7.05 Å². The van der Waals surface area contributed by atoms with Gasteiger partial charge in [-0.2, -0.15) is 5.10 Å². The number of piperidine rings is 1. The number of carbonyl (C=O) groups excluding carboxylic acids is 1. The number of rotatable bonds is 2. The van der Waals surface area contributed by atoms with Gasteiger partial charge >= 0.3 is 0 Å². The van der Waals surface area contributed by atoms with E-state index >= 15 is 0 Å². The van der Waals surface area contributed by atoms with Gasteiger partial charge in [-0.05, 0) is 37.1 Å². The van der Waals surface area contributed by atoms with Gasteiger partial charge in [-0.25, -0.2) is 4.98 Å². The number of aromatic nitrogens is 4. The molecule has 0 radical (unpaired) electrons. The standard InChI is InChI=1S/C17H19N5O/c1-21-8-6-14(20-21)17(23)22-9-4-12(5-10-22)15-11-13-3-2-7-18-16(13)19-15/h2-3,6-8,11-12H,4-5,9-10H2,1H3,(H,18,19). The first-order valence-electron chi connectivity index (χ1n) is 7.93. The van der Waals surface area contributed by atoms with Crippen molar-refractivity contribution >= 4 is 16.9 Å². The predicted molar refractivity (Wildman–Crippen MR) is 87.2 cm³/mol. The van der Waals surface area contributed by atoms with Gasteiger partial charge in [-0.15, -0.1) is 0 Å². The SMILES string of the molecule is Cn1ccc(C(=O)N2CCC(c3cc4cccnc4[nH]3)CC2)n1. The molecular weight excluding hydrogens is 290 g/mol. The highest BCUT2D eigenvalue weighted by molar-refractivity contribution is 5.92. The number of carbonyl (C=O) groups is 1. The fourth-order valence-electron chi connectivity index (χ4n) is 3.28. The van der Waals surface area contributed by atoms with Gasteiger partial charge in [0.15, 0.2) is 0 Å². The van der Waals surface area contributed by atoms with Crippen molar-refractivity contribution in [2.75, 3.05) is 13.1 Å². The molecule has 1 aliphatic rings. The quantitative estimate of drug-likeness (QED) is 0.790. The van der Waals surface area contributed by atoms with E-state index in [1.54, 1.807) is 23.1 Å². The number of H-pyrrole nitrogens is 1. The lowest BCUT2D eigenvalue weighted by atomic mass is 9.93. The summed E-state index contributed by atoms with van der Waals surface area (Å²) in [5.41, 5.74) is 2.69. The molecule has 0 atom stereocenters. The first kappa shape index (κ1) is 14.0. The number of hydrogen-bond donors (Lipinski definition) is 1. The van der Waals surface area contributed by atoms with Gasteiger partial charge in [0.1, 0.15) is 11.3 Å². The number of fused-ring (bicyclic) bond motifs is 1. The van der Waals surface area contributed by atoms with Crippen molar-refractivity contribution in [1.29, 1.82) is 0 Å². The van der Waals surface area contributed by atoms with E-state index in [0.717, 1.165) is 37.0 Å². The number of nitrogens with zero attached hydrogens (tertiary/aromatic N) is 4. The van der Waals surface area contributed by atoms with E-state index in [9.17, 15) is 4.79 Å². The fraction of sp³-hybridized carbons (Fsp3) is 0.353. The molecule has 23 heavy (non-hydrogen) atoms. The highest BCUT2D eigenvalue weighted by Crippen LogP contribution is 2.29. The van der Waals surface area contributed by atoms with Crippen molar-refractivity contribution in [2.45, 2.75) is 18.8 Å². The minimum Gasteiger partial charge on any atom is -0.343 e. The van der Waals surface area contributed by atoms with Crippen LogP contribution in [0.25, 0.3) is 11.0 Å². The number of pyridine rings is 1. The van der Waals surface area contributed by atoms with Crippen LogP contribution < -0.4 is 0 Å². The van der Waals surface area contributed by atoms with Crippen molar-refractivity contribution in [3.8, 4) is 0 Å². The Bertz CT molecular complexity index is 808. The molecule has 0 bridgehead atoms. The second-order valence-corrected chi connectivity index (χ2v) is 6.11. The molecule has 0 aromatic carbocycles. The molecule has 4 rings (SSSR count). The van der Waals surface area contributed by atoms with Crippen molar-refractivity contribution in [1.82, 2.24) is 24.6 Å². The van der Waals surface area contributed by atoms with Crippen LogP contribution in [-0.4, -0.2) is 43.6 Å². The average Bonchev–Trinajstić information content (AvgIpc) is 3.20. The Hall–Kier alpha value is -2.63. The third-order valence-electron chi connectivity index (χ3n) is 4.57. The molecule has 0 spiro atoms. The molecule has 3 aromatic heterocycles. The predicted octanol–water partition coefficient (Wildman–Crippen LogP) is 2.32. The minimum atomic E-state index is 0.0300. The van der Waals surface area contributed by atoms with E-state index in [4.69, 9.17) is 0 Å². The topological polar surface area (TPSA) is 66.8 Å². The van der Waals surface area contributed by atoms with Crippen LogP contribution in [0.4, 0.5) is 0 Å².